The van der Waals surface area contributed by atoms with Crippen LogP contribution in [0.15, 0.2) is 46.0 Å². The summed E-state index contributed by atoms with van der Waals surface area (Å²) in [6.45, 7) is 3.68. The standard InChI is InChI=1S/C18H22N2O3S3/c1-15-4-2-5-16(12-15)13-24-14-17(21)19-7-9-20(10-8-19)26(22,23)18-6-3-11-25-18/h2-6,11-12H,7-10,13-14H2,1H3. The Morgan fingerprint density at radius 2 is 1.92 bits per heavy atom. The highest BCUT2D eigenvalue weighted by Crippen LogP contribution is 2.22. The number of thiophene rings is 1. The monoisotopic (exact) mass is 410 g/mol. The Morgan fingerprint density at radius 3 is 2.58 bits per heavy atom. The van der Waals surface area contributed by atoms with Crippen LogP contribution >= 0.6 is 23.1 Å². The van der Waals surface area contributed by atoms with Gasteiger partial charge in [-0.3, -0.25) is 4.79 Å². The van der Waals surface area contributed by atoms with Gasteiger partial charge in [0.1, 0.15) is 4.21 Å². The zero-order chi connectivity index (χ0) is 18.6. The van der Waals surface area contributed by atoms with E-state index in [4.69, 9.17) is 0 Å². The number of carbonyl (C=O) groups excluding carboxylic acids is 1. The molecule has 8 heteroatoms. The summed E-state index contributed by atoms with van der Waals surface area (Å²) in [4.78, 5) is 14.1. The van der Waals surface area contributed by atoms with E-state index >= 15 is 0 Å². The van der Waals surface area contributed by atoms with Crippen LogP contribution in [0.1, 0.15) is 11.1 Å². The van der Waals surface area contributed by atoms with E-state index in [0.717, 1.165) is 5.75 Å². The Labute approximate surface area is 163 Å². The molecule has 140 valence electrons. The van der Waals surface area contributed by atoms with Crippen molar-refractivity contribution in [3.63, 3.8) is 0 Å². The maximum atomic E-state index is 12.5. The second-order valence-corrected chi connectivity index (χ2v) is 10.3. The lowest BCUT2D eigenvalue weighted by Gasteiger charge is -2.33. The molecule has 0 aliphatic carbocycles. The molecular formula is C18H22N2O3S3. The van der Waals surface area contributed by atoms with E-state index in [2.05, 4.69) is 25.1 Å². The third-order valence-electron chi connectivity index (χ3n) is 4.26. The summed E-state index contributed by atoms with van der Waals surface area (Å²) in [5.41, 5.74) is 2.44. The molecule has 1 fully saturated rings. The van der Waals surface area contributed by atoms with Crippen LogP contribution in [0.2, 0.25) is 0 Å². The number of piperazine rings is 1. The van der Waals surface area contributed by atoms with E-state index < -0.39 is 10.0 Å². The molecule has 0 saturated carbocycles. The number of carbonyl (C=O) groups is 1. The summed E-state index contributed by atoms with van der Waals surface area (Å²) in [7, 11) is -3.42. The normalized spacial score (nSPS) is 16.0. The molecule has 0 N–H and O–H groups in total. The summed E-state index contributed by atoms with van der Waals surface area (Å²) < 4.78 is 26.9. The Morgan fingerprint density at radius 1 is 1.15 bits per heavy atom. The first-order chi connectivity index (χ1) is 12.5. The van der Waals surface area contributed by atoms with Crippen molar-refractivity contribution in [1.29, 1.82) is 0 Å². The van der Waals surface area contributed by atoms with Gasteiger partial charge in [-0.2, -0.15) is 4.31 Å². The Bertz CT molecular complexity index is 842. The lowest BCUT2D eigenvalue weighted by molar-refractivity contribution is -0.129. The van der Waals surface area contributed by atoms with Gasteiger partial charge in [-0.1, -0.05) is 35.9 Å². The van der Waals surface area contributed by atoms with Crippen LogP contribution in [-0.2, 0) is 20.6 Å². The highest BCUT2D eigenvalue weighted by Gasteiger charge is 2.30. The van der Waals surface area contributed by atoms with Crippen molar-refractivity contribution in [3.8, 4) is 0 Å². The largest absolute Gasteiger partial charge is 0.339 e. The van der Waals surface area contributed by atoms with Gasteiger partial charge in [-0.25, -0.2) is 8.42 Å². The molecule has 3 rings (SSSR count). The Balaban J connectivity index is 1.46. The van der Waals surface area contributed by atoms with Gasteiger partial charge in [0.05, 0.1) is 5.75 Å². The molecule has 1 aliphatic rings. The molecule has 26 heavy (non-hydrogen) atoms. The second kappa shape index (κ2) is 8.56. The first-order valence-electron chi connectivity index (χ1n) is 8.41. The van der Waals surface area contributed by atoms with Crippen LogP contribution < -0.4 is 0 Å². The summed E-state index contributed by atoms with van der Waals surface area (Å²) in [5.74, 6) is 1.31. The Hall–Kier alpha value is -1.35. The van der Waals surface area contributed by atoms with Crippen LogP contribution in [0.25, 0.3) is 0 Å². The summed E-state index contributed by atoms with van der Waals surface area (Å²) in [6.07, 6.45) is 0. The first kappa shape index (κ1) is 19.4. The zero-order valence-electron chi connectivity index (χ0n) is 14.6. The van der Waals surface area contributed by atoms with Gasteiger partial charge >= 0.3 is 0 Å². The van der Waals surface area contributed by atoms with Crippen LogP contribution in [0.3, 0.4) is 0 Å². The number of hydrogen-bond acceptors (Lipinski definition) is 5. The van der Waals surface area contributed by atoms with Crippen LogP contribution in [0.5, 0.6) is 0 Å². The highest BCUT2D eigenvalue weighted by atomic mass is 32.2. The van der Waals surface area contributed by atoms with E-state index in [1.54, 1.807) is 34.2 Å². The molecular weight excluding hydrogens is 388 g/mol. The van der Waals surface area contributed by atoms with E-state index in [1.165, 1.54) is 26.8 Å². The van der Waals surface area contributed by atoms with Crippen molar-refractivity contribution < 1.29 is 13.2 Å². The maximum absolute atomic E-state index is 12.5. The molecule has 0 bridgehead atoms. The minimum absolute atomic E-state index is 0.0795. The van der Waals surface area contributed by atoms with Crippen LogP contribution in [-0.4, -0.2) is 55.5 Å². The molecule has 0 atom stereocenters. The van der Waals surface area contributed by atoms with Gasteiger partial charge in [0.2, 0.25) is 5.91 Å². The van der Waals surface area contributed by atoms with Crippen LogP contribution in [0, 0.1) is 6.92 Å². The molecule has 5 nitrogen and oxygen atoms in total. The Kier molecular flexibility index (Phi) is 6.39. The summed E-state index contributed by atoms with van der Waals surface area (Å²) in [5, 5.41) is 1.76. The number of rotatable bonds is 6. The first-order valence-corrected chi connectivity index (χ1v) is 11.9. The number of amides is 1. The molecule has 1 aliphatic heterocycles. The molecule has 1 aromatic heterocycles. The zero-order valence-corrected chi connectivity index (χ0v) is 17.1. The topological polar surface area (TPSA) is 57.7 Å². The number of benzene rings is 1. The average Bonchev–Trinajstić information content (AvgIpc) is 3.17. The third-order valence-corrected chi connectivity index (χ3v) is 8.52. The molecule has 1 aromatic carbocycles. The van der Waals surface area contributed by atoms with Gasteiger partial charge in [0.25, 0.3) is 10.0 Å². The number of sulfonamides is 1. The lowest BCUT2D eigenvalue weighted by Crippen LogP contribution is -2.50. The van der Waals surface area contributed by atoms with Crippen molar-refractivity contribution in [2.75, 3.05) is 31.9 Å². The summed E-state index contributed by atoms with van der Waals surface area (Å²) >= 11 is 2.83. The SMILES string of the molecule is Cc1cccc(CSCC(=O)N2CCN(S(=O)(=O)c3cccs3)CC2)c1. The highest BCUT2D eigenvalue weighted by molar-refractivity contribution is 7.99. The number of aryl methyl sites for hydroxylation is 1. The fourth-order valence-electron chi connectivity index (χ4n) is 2.86. The summed E-state index contributed by atoms with van der Waals surface area (Å²) in [6, 6.07) is 11.6. The van der Waals surface area contributed by atoms with Crippen molar-refractivity contribution in [3.05, 3.63) is 52.9 Å². The minimum atomic E-state index is -3.42. The van der Waals surface area contributed by atoms with E-state index in [-0.39, 0.29) is 5.91 Å². The van der Waals surface area contributed by atoms with E-state index in [0.29, 0.717) is 36.1 Å². The number of hydrogen-bond donors (Lipinski definition) is 0. The van der Waals surface area contributed by atoms with Gasteiger partial charge < -0.3 is 4.90 Å². The van der Waals surface area contributed by atoms with Gasteiger partial charge in [-0.15, -0.1) is 23.1 Å². The quantitative estimate of drug-likeness (QED) is 0.735. The second-order valence-electron chi connectivity index (χ2n) is 6.20. The molecule has 0 spiro atoms. The van der Waals surface area contributed by atoms with Gasteiger partial charge in [-0.05, 0) is 23.9 Å². The van der Waals surface area contributed by atoms with Crippen molar-refractivity contribution >= 4 is 39.0 Å². The fraction of sp³-hybridized carbons (Fsp3) is 0.389. The number of nitrogens with zero attached hydrogens (tertiary/aromatic N) is 2. The molecule has 2 aromatic rings. The van der Waals surface area contributed by atoms with Crippen molar-refractivity contribution in [2.24, 2.45) is 0 Å². The molecule has 2 heterocycles. The van der Waals surface area contributed by atoms with Crippen LogP contribution in [0.4, 0.5) is 0 Å². The van der Waals surface area contributed by atoms with E-state index in [1.807, 2.05) is 6.07 Å². The minimum Gasteiger partial charge on any atom is -0.339 e. The smallest absolute Gasteiger partial charge is 0.252 e. The molecule has 0 radical (unpaired) electrons. The predicted molar refractivity (Wildman–Crippen MR) is 107 cm³/mol. The van der Waals surface area contributed by atoms with Crippen molar-refractivity contribution in [2.45, 2.75) is 16.9 Å². The van der Waals surface area contributed by atoms with Gasteiger partial charge in [0.15, 0.2) is 0 Å². The maximum Gasteiger partial charge on any atom is 0.252 e. The lowest BCUT2D eigenvalue weighted by atomic mass is 10.2. The number of thioether (sulfide) groups is 1. The molecule has 0 unspecified atom stereocenters. The van der Waals surface area contributed by atoms with E-state index in [9.17, 15) is 13.2 Å². The van der Waals surface area contributed by atoms with Crippen molar-refractivity contribution in [1.82, 2.24) is 9.21 Å². The average molecular weight is 411 g/mol. The third kappa shape index (κ3) is 4.68. The molecule has 1 saturated heterocycles. The molecule has 1 amide bonds. The van der Waals surface area contributed by atoms with Gasteiger partial charge in [0, 0.05) is 31.9 Å². The fourth-order valence-corrected chi connectivity index (χ4v) is 6.31. The predicted octanol–water partition coefficient (Wildman–Crippen LogP) is 2.82.